The molecule has 1 heterocycles. The number of likely N-dealkylation sites (N-methyl/N-ethyl adjacent to an activating group) is 1. The number of Topliss-reactive ketones (excluding diaryl/α,β-unsaturated/α-hetero) is 1. The average Bonchev–Trinajstić information content (AvgIpc) is 2.17. The van der Waals surface area contributed by atoms with Crippen molar-refractivity contribution < 1.29 is 4.79 Å². The monoisotopic (exact) mass is 213 g/mol. The van der Waals surface area contributed by atoms with Gasteiger partial charge < -0.3 is 4.90 Å². The smallest absolute Gasteiger partial charge is 0.226 e. The first-order chi connectivity index (χ1) is 6.63. The molecule has 0 aliphatic rings. The van der Waals surface area contributed by atoms with Gasteiger partial charge in [-0.2, -0.15) is 0 Å². The molecule has 76 valence electrons. The van der Waals surface area contributed by atoms with Crippen molar-refractivity contribution in [2.45, 2.75) is 13.3 Å². The van der Waals surface area contributed by atoms with Crippen molar-refractivity contribution in [1.82, 2.24) is 9.97 Å². The Bertz CT molecular complexity index is 330. The van der Waals surface area contributed by atoms with Crippen LogP contribution < -0.4 is 4.90 Å². The molecule has 4 nitrogen and oxygen atoms in total. The van der Waals surface area contributed by atoms with E-state index in [1.807, 2.05) is 6.92 Å². The minimum absolute atomic E-state index is 0.149. The van der Waals surface area contributed by atoms with Crippen molar-refractivity contribution in [1.29, 1.82) is 0 Å². The molecule has 0 bridgehead atoms. The van der Waals surface area contributed by atoms with E-state index in [9.17, 15) is 4.79 Å². The van der Waals surface area contributed by atoms with E-state index in [1.165, 1.54) is 0 Å². The lowest BCUT2D eigenvalue weighted by Gasteiger charge is -2.15. The third-order valence-electron chi connectivity index (χ3n) is 1.76. The normalized spacial score (nSPS) is 9.93. The molecule has 1 rings (SSSR count). The lowest BCUT2D eigenvalue weighted by atomic mass is 10.3. The van der Waals surface area contributed by atoms with Crippen LogP contribution in [0, 0.1) is 0 Å². The van der Waals surface area contributed by atoms with Gasteiger partial charge in [-0.3, -0.25) is 4.79 Å². The number of halogens is 1. The molecule has 0 aromatic carbocycles. The van der Waals surface area contributed by atoms with Gasteiger partial charge in [0.15, 0.2) is 5.78 Å². The highest BCUT2D eigenvalue weighted by molar-refractivity contribution is 6.29. The van der Waals surface area contributed by atoms with Crippen LogP contribution in [0.2, 0.25) is 5.15 Å². The molecule has 0 radical (unpaired) electrons. The van der Waals surface area contributed by atoms with E-state index in [1.54, 1.807) is 24.2 Å². The Morgan fingerprint density at radius 3 is 2.93 bits per heavy atom. The number of hydrogen-bond acceptors (Lipinski definition) is 4. The molecule has 0 amide bonds. The van der Waals surface area contributed by atoms with Gasteiger partial charge in [-0.1, -0.05) is 18.5 Å². The fourth-order valence-corrected chi connectivity index (χ4v) is 1.09. The zero-order valence-corrected chi connectivity index (χ0v) is 8.95. The Morgan fingerprint density at radius 2 is 2.36 bits per heavy atom. The van der Waals surface area contributed by atoms with Crippen molar-refractivity contribution in [3.05, 3.63) is 17.4 Å². The molecule has 5 heteroatoms. The maximum Gasteiger partial charge on any atom is 0.226 e. The molecule has 14 heavy (non-hydrogen) atoms. The van der Waals surface area contributed by atoms with E-state index in [2.05, 4.69) is 9.97 Å². The van der Waals surface area contributed by atoms with Crippen LogP contribution in [0.5, 0.6) is 0 Å². The third kappa shape index (κ3) is 2.96. The summed E-state index contributed by atoms with van der Waals surface area (Å²) in [6.45, 7) is 2.14. The highest BCUT2D eigenvalue weighted by Crippen LogP contribution is 2.09. The quantitative estimate of drug-likeness (QED) is 0.712. The van der Waals surface area contributed by atoms with Crippen molar-refractivity contribution in [2.75, 3.05) is 18.5 Å². The van der Waals surface area contributed by atoms with E-state index in [4.69, 9.17) is 11.6 Å². The minimum Gasteiger partial charge on any atom is -0.337 e. The number of anilines is 1. The summed E-state index contributed by atoms with van der Waals surface area (Å²) < 4.78 is 0. The fourth-order valence-electron chi connectivity index (χ4n) is 0.958. The molecular weight excluding hydrogens is 202 g/mol. The summed E-state index contributed by atoms with van der Waals surface area (Å²) in [5, 5.41) is 0.380. The Labute approximate surface area is 87.9 Å². The number of carbonyl (C=O) groups excluding carboxylic acids is 1. The molecule has 0 spiro atoms. The molecule has 0 saturated carbocycles. The van der Waals surface area contributed by atoms with E-state index in [0.29, 0.717) is 24.1 Å². The summed E-state index contributed by atoms with van der Waals surface area (Å²) >= 11 is 5.70. The van der Waals surface area contributed by atoms with Gasteiger partial charge in [0.25, 0.3) is 0 Å². The standard InChI is InChI=1S/C9H12ClN3O/c1-3-7(14)6-13(2)9-11-5-4-8(10)12-9/h4-5H,3,6H2,1-2H3. The Kier molecular flexibility index (Phi) is 3.83. The van der Waals surface area contributed by atoms with Crippen LogP contribution >= 0.6 is 11.6 Å². The largest absolute Gasteiger partial charge is 0.337 e. The van der Waals surface area contributed by atoms with Gasteiger partial charge in [0, 0.05) is 19.7 Å². The molecule has 1 aromatic heterocycles. The molecule has 0 unspecified atom stereocenters. The van der Waals surface area contributed by atoms with Gasteiger partial charge in [0.1, 0.15) is 5.15 Å². The zero-order valence-electron chi connectivity index (χ0n) is 8.20. The predicted octanol–water partition coefficient (Wildman–Crippen LogP) is 1.55. The van der Waals surface area contributed by atoms with Gasteiger partial charge in [0.05, 0.1) is 6.54 Å². The summed E-state index contributed by atoms with van der Waals surface area (Å²) in [6, 6.07) is 1.60. The first kappa shape index (κ1) is 10.9. The van der Waals surface area contributed by atoms with Crippen LogP contribution in [-0.2, 0) is 4.79 Å². The molecule has 0 N–H and O–H groups in total. The number of rotatable bonds is 4. The maximum atomic E-state index is 11.2. The molecular formula is C9H12ClN3O. The van der Waals surface area contributed by atoms with E-state index in [-0.39, 0.29) is 5.78 Å². The van der Waals surface area contributed by atoms with Crippen LogP contribution in [0.4, 0.5) is 5.95 Å². The summed E-state index contributed by atoms with van der Waals surface area (Å²) in [6.07, 6.45) is 2.09. The van der Waals surface area contributed by atoms with Crippen molar-refractivity contribution >= 4 is 23.3 Å². The van der Waals surface area contributed by atoms with Gasteiger partial charge in [-0.05, 0) is 6.07 Å². The molecule has 0 saturated heterocycles. The minimum atomic E-state index is 0.149. The number of nitrogens with zero attached hydrogens (tertiary/aromatic N) is 3. The molecule has 0 atom stereocenters. The first-order valence-corrected chi connectivity index (χ1v) is 4.72. The molecule has 0 aliphatic carbocycles. The van der Waals surface area contributed by atoms with Crippen LogP contribution in [0.15, 0.2) is 12.3 Å². The van der Waals surface area contributed by atoms with Crippen molar-refractivity contribution in [3.8, 4) is 0 Å². The number of ketones is 1. The molecule has 0 fully saturated rings. The van der Waals surface area contributed by atoms with Gasteiger partial charge in [-0.25, -0.2) is 9.97 Å². The van der Waals surface area contributed by atoms with Gasteiger partial charge in [0.2, 0.25) is 5.95 Å². The van der Waals surface area contributed by atoms with E-state index < -0.39 is 0 Å². The van der Waals surface area contributed by atoms with Crippen molar-refractivity contribution in [3.63, 3.8) is 0 Å². The van der Waals surface area contributed by atoms with Gasteiger partial charge >= 0.3 is 0 Å². The van der Waals surface area contributed by atoms with Crippen LogP contribution in [-0.4, -0.2) is 29.3 Å². The first-order valence-electron chi connectivity index (χ1n) is 4.35. The summed E-state index contributed by atoms with van der Waals surface area (Å²) in [7, 11) is 1.76. The lowest BCUT2D eigenvalue weighted by Crippen LogP contribution is -2.26. The molecule has 0 aliphatic heterocycles. The number of aromatic nitrogens is 2. The lowest BCUT2D eigenvalue weighted by molar-refractivity contribution is -0.117. The highest BCUT2D eigenvalue weighted by atomic mass is 35.5. The van der Waals surface area contributed by atoms with Crippen LogP contribution in [0.3, 0.4) is 0 Å². The van der Waals surface area contributed by atoms with Crippen molar-refractivity contribution in [2.24, 2.45) is 0 Å². The topological polar surface area (TPSA) is 46.1 Å². The second-order valence-electron chi connectivity index (χ2n) is 2.93. The fraction of sp³-hybridized carbons (Fsp3) is 0.444. The second-order valence-corrected chi connectivity index (χ2v) is 3.31. The average molecular weight is 214 g/mol. The Morgan fingerprint density at radius 1 is 1.64 bits per heavy atom. The Hall–Kier alpha value is -1.16. The molecule has 1 aromatic rings. The van der Waals surface area contributed by atoms with E-state index in [0.717, 1.165) is 0 Å². The van der Waals surface area contributed by atoms with Gasteiger partial charge in [-0.15, -0.1) is 0 Å². The summed E-state index contributed by atoms with van der Waals surface area (Å²) in [5.41, 5.74) is 0. The second kappa shape index (κ2) is 4.91. The van der Waals surface area contributed by atoms with E-state index >= 15 is 0 Å². The maximum absolute atomic E-state index is 11.2. The Balaban J connectivity index is 2.69. The predicted molar refractivity (Wildman–Crippen MR) is 55.6 cm³/mol. The SMILES string of the molecule is CCC(=O)CN(C)c1nccc(Cl)n1. The highest BCUT2D eigenvalue weighted by Gasteiger charge is 2.07. The zero-order chi connectivity index (χ0) is 10.6. The summed E-state index contributed by atoms with van der Waals surface area (Å²) in [5.74, 6) is 0.621. The van der Waals surface area contributed by atoms with Crippen LogP contribution in [0.25, 0.3) is 0 Å². The third-order valence-corrected chi connectivity index (χ3v) is 1.97. The van der Waals surface area contributed by atoms with Crippen LogP contribution in [0.1, 0.15) is 13.3 Å². The number of hydrogen-bond donors (Lipinski definition) is 0. The number of carbonyl (C=O) groups is 1. The summed E-state index contributed by atoms with van der Waals surface area (Å²) in [4.78, 5) is 20.8.